The lowest BCUT2D eigenvalue weighted by molar-refractivity contribution is -0.384. The van der Waals surface area contributed by atoms with Crippen molar-refractivity contribution in [2.45, 2.75) is 6.04 Å². The van der Waals surface area contributed by atoms with Crippen LogP contribution in [0.4, 0.5) is 22.1 Å². The molecule has 1 saturated heterocycles. The maximum Gasteiger partial charge on any atom is 0.407 e. The van der Waals surface area contributed by atoms with E-state index < -0.39 is 11.0 Å². The Kier molecular flexibility index (Phi) is 4.61. The Balaban J connectivity index is 2.18. The van der Waals surface area contributed by atoms with Crippen LogP contribution in [0.15, 0.2) is 12.1 Å². The SMILES string of the molecule is COC[C@H]1CN(c2ccc([N+](=O)[O-])c(N)n2)CCN1C(=O)O. The Morgan fingerprint density at radius 1 is 1.59 bits per heavy atom. The number of anilines is 2. The second kappa shape index (κ2) is 6.43. The van der Waals surface area contributed by atoms with E-state index in [1.54, 1.807) is 0 Å². The molecule has 0 aromatic carbocycles. The molecule has 1 aliphatic rings. The van der Waals surface area contributed by atoms with Gasteiger partial charge in [0.25, 0.3) is 0 Å². The van der Waals surface area contributed by atoms with Crippen molar-refractivity contribution in [3.8, 4) is 0 Å². The van der Waals surface area contributed by atoms with Crippen molar-refractivity contribution in [3.05, 3.63) is 22.2 Å². The van der Waals surface area contributed by atoms with Gasteiger partial charge in [-0.05, 0) is 6.07 Å². The van der Waals surface area contributed by atoms with Gasteiger partial charge in [0, 0.05) is 32.8 Å². The third-order valence-corrected chi connectivity index (χ3v) is 3.50. The smallest absolute Gasteiger partial charge is 0.407 e. The highest BCUT2D eigenvalue weighted by atomic mass is 16.6. The van der Waals surface area contributed by atoms with E-state index in [2.05, 4.69) is 4.98 Å². The number of carbonyl (C=O) groups is 1. The summed E-state index contributed by atoms with van der Waals surface area (Å²) >= 11 is 0. The van der Waals surface area contributed by atoms with Crippen molar-refractivity contribution in [3.63, 3.8) is 0 Å². The number of pyridine rings is 1. The Labute approximate surface area is 126 Å². The first-order chi connectivity index (χ1) is 10.4. The van der Waals surface area contributed by atoms with Crippen LogP contribution in [0.2, 0.25) is 0 Å². The minimum Gasteiger partial charge on any atom is -0.465 e. The van der Waals surface area contributed by atoms with Crippen molar-refractivity contribution >= 4 is 23.4 Å². The van der Waals surface area contributed by atoms with E-state index in [0.29, 0.717) is 25.5 Å². The van der Waals surface area contributed by atoms with Crippen LogP contribution >= 0.6 is 0 Å². The molecule has 22 heavy (non-hydrogen) atoms. The summed E-state index contributed by atoms with van der Waals surface area (Å²) in [5, 5.41) is 19.9. The highest BCUT2D eigenvalue weighted by molar-refractivity contribution is 5.66. The molecule has 1 aromatic rings. The van der Waals surface area contributed by atoms with Crippen LogP contribution in [0, 0.1) is 10.1 Å². The normalized spacial score (nSPS) is 18.3. The number of methoxy groups -OCH3 is 1. The van der Waals surface area contributed by atoms with Crippen molar-refractivity contribution in [2.75, 3.05) is 44.0 Å². The van der Waals surface area contributed by atoms with Crippen LogP contribution in [0.5, 0.6) is 0 Å². The molecule has 1 atom stereocenters. The van der Waals surface area contributed by atoms with Crippen molar-refractivity contribution in [1.82, 2.24) is 9.88 Å². The first-order valence-electron chi connectivity index (χ1n) is 6.58. The Hall–Kier alpha value is -2.62. The van der Waals surface area contributed by atoms with Gasteiger partial charge < -0.3 is 20.5 Å². The topological polar surface area (TPSA) is 135 Å². The first-order valence-corrected chi connectivity index (χ1v) is 6.58. The number of hydrogen-bond donors (Lipinski definition) is 2. The number of ether oxygens (including phenoxy) is 1. The third kappa shape index (κ3) is 3.17. The molecule has 2 rings (SSSR count). The quantitative estimate of drug-likeness (QED) is 0.602. The molecule has 1 aliphatic heterocycles. The van der Waals surface area contributed by atoms with Crippen LogP contribution in [-0.4, -0.2) is 65.4 Å². The lowest BCUT2D eigenvalue weighted by Gasteiger charge is -2.40. The molecule has 0 bridgehead atoms. The van der Waals surface area contributed by atoms with Crippen LogP contribution in [0.3, 0.4) is 0 Å². The van der Waals surface area contributed by atoms with E-state index in [1.807, 2.05) is 4.90 Å². The van der Waals surface area contributed by atoms with E-state index in [9.17, 15) is 20.0 Å². The maximum atomic E-state index is 11.2. The molecule has 1 aromatic heterocycles. The number of amides is 1. The predicted molar refractivity (Wildman–Crippen MR) is 77.9 cm³/mol. The molecule has 10 nitrogen and oxygen atoms in total. The zero-order chi connectivity index (χ0) is 16.3. The lowest BCUT2D eigenvalue weighted by atomic mass is 10.2. The van der Waals surface area contributed by atoms with Gasteiger partial charge >= 0.3 is 11.8 Å². The molecule has 1 amide bonds. The summed E-state index contributed by atoms with van der Waals surface area (Å²) in [7, 11) is 1.50. The number of carboxylic acid groups (broad SMARTS) is 1. The summed E-state index contributed by atoms with van der Waals surface area (Å²) in [6, 6.07) is 2.47. The number of hydrogen-bond acceptors (Lipinski definition) is 7. The fourth-order valence-corrected chi connectivity index (χ4v) is 2.44. The fraction of sp³-hybridized carbons (Fsp3) is 0.500. The zero-order valence-electron chi connectivity index (χ0n) is 12.0. The molecule has 0 aliphatic carbocycles. The molecule has 10 heteroatoms. The molecule has 0 unspecified atom stereocenters. The molecule has 3 N–H and O–H groups in total. The van der Waals surface area contributed by atoms with Gasteiger partial charge in [-0.25, -0.2) is 9.78 Å². The van der Waals surface area contributed by atoms with Crippen molar-refractivity contribution in [2.24, 2.45) is 0 Å². The largest absolute Gasteiger partial charge is 0.465 e. The number of rotatable bonds is 4. The number of nitrogen functional groups attached to an aromatic ring is 1. The van der Waals surface area contributed by atoms with Gasteiger partial charge in [-0.1, -0.05) is 0 Å². The maximum absolute atomic E-state index is 11.2. The van der Waals surface area contributed by atoms with E-state index in [4.69, 9.17) is 10.5 Å². The predicted octanol–water partition coefficient (Wildman–Crippen LogP) is 0.387. The number of nitrogens with two attached hydrogens (primary N) is 1. The standard InChI is InChI=1S/C12H17N5O5/c1-22-7-8-6-15(4-5-16(8)12(18)19)10-3-2-9(17(20)21)11(13)14-10/h2-3,8H,4-7H2,1H3,(H2,13,14)(H,18,19)/t8-/m1/s1. The molecule has 0 radical (unpaired) electrons. The molecule has 2 heterocycles. The highest BCUT2D eigenvalue weighted by Crippen LogP contribution is 2.24. The Bertz CT molecular complexity index is 581. The highest BCUT2D eigenvalue weighted by Gasteiger charge is 2.31. The van der Waals surface area contributed by atoms with Gasteiger partial charge in [-0.2, -0.15) is 0 Å². The molecule has 1 fully saturated rings. The fourth-order valence-electron chi connectivity index (χ4n) is 2.44. The van der Waals surface area contributed by atoms with Gasteiger partial charge in [0.15, 0.2) is 0 Å². The van der Waals surface area contributed by atoms with Crippen LogP contribution < -0.4 is 10.6 Å². The molecule has 0 saturated carbocycles. The molecule has 0 spiro atoms. The number of nitro groups is 1. The summed E-state index contributed by atoms with van der Waals surface area (Å²) in [5.74, 6) is 0.320. The lowest BCUT2D eigenvalue weighted by Crippen LogP contribution is -2.56. The van der Waals surface area contributed by atoms with E-state index in [0.717, 1.165) is 0 Å². The summed E-state index contributed by atoms with van der Waals surface area (Å²) < 4.78 is 5.05. The van der Waals surface area contributed by atoms with Crippen LogP contribution in [0.1, 0.15) is 0 Å². The Morgan fingerprint density at radius 3 is 2.86 bits per heavy atom. The van der Waals surface area contributed by atoms with Crippen LogP contribution in [0.25, 0.3) is 0 Å². The van der Waals surface area contributed by atoms with E-state index in [-0.39, 0.29) is 24.2 Å². The van der Waals surface area contributed by atoms with Gasteiger partial charge in [-0.15, -0.1) is 0 Å². The monoisotopic (exact) mass is 311 g/mol. The Morgan fingerprint density at radius 2 is 2.32 bits per heavy atom. The minimum absolute atomic E-state index is 0.161. The van der Waals surface area contributed by atoms with E-state index >= 15 is 0 Å². The van der Waals surface area contributed by atoms with Gasteiger partial charge in [-0.3, -0.25) is 15.0 Å². The number of piperazine rings is 1. The van der Waals surface area contributed by atoms with E-state index in [1.165, 1.54) is 24.1 Å². The molecule has 120 valence electrons. The van der Waals surface area contributed by atoms with Gasteiger partial charge in [0.05, 0.1) is 17.6 Å². The van der Waals surface area contributed by atoms with Crippen molar-refractivity contribution < 1.29 is 19.6 Å². The summed E-state index contributed by atoms with van der Waals surface area (Å²) in [5.41, 5.74) is 5.34. The summed E-state index contributed by atoms with van der Waals surface area (Å²) in [4.78, 5) is 28.5. The molecular weight excluding hydrogens is 294 g/mol. The van der Waals surface area contributed by atoms with Crippen LogP contribution in [-0.2, 0) is 4.74 Å². The minimum atomic E-state index is -1.00. The van der Waals surface area contributed by atoms with Gasteiger partial charge in [0.2, 0.25) is 5.82 Å². The molecular formula is C12H17N5O5. The summed E-state index contributed by atoms with van der Waals surface area (Å²) in [6.45, 7) is 1.36. The number of nitrogens with zero attached hydrogens (tertiary/aromatic N) is 4. The number of aromatic nitrogens is 1. The average Bonchev–Trinajstić information content (AvgIpc) is 2.46. The zero-order valence-corrected chi connectivity index (χ0v) is 12.0. The third-order valence-electron chi connectivity index (χ3n) is 3.50. The first kappa shape index (κ1) is 15.8. The second-order valence-electron chi connectivity index (χ2n) is 4.86. The second-order valence-corrected chi connectivity index (χ2v) is 4.86. The van der Waals surface area contributed by atoms with Crippen molar-refractivity contribution in [1.29, 1.82) is 0 Å². The van der Waals surface area contributed by atoms with Gasteiger partial charge in [0.1, 0.15) is 5.82 Å². The average molecular weight is 311 g/mol. The summed E-state index contributed by atoms with van der Waals surface area (Å²) in [6.07, 6.45) is -1.00.